The van der Waals surface area contributed by atoms with Crippen LogP contribution < -0.4 is 15.8 Å². The van der Waals surface area contributed by atoms with Crippen LogP contribution in [0.15, 0.2) is 47.4 Å². The molecule has 0 saturated heterocycles. The summed E-state index contributed by atoms with van der Waals surface area (Å²) >= 11 is 5.98. The molecule has 4 N–H and O–H groups in total. The minimum Gasteiger partial charge on any atom is -0.449 e. The minimum absolute atomic E-state index is 0.0768. The number of aryl methyl sites for hydroxylation is 1. The topological polar surface area (TPSA) is 145 Å². The van der Waals surface area contributed by atoms with Crippen LogP contribution in [0.5, 0.6) is 0 Å². The average Bonchev–Trinajstić information content (AvgIpc) is 2.60. The van der Waals surface area contributed by atoms with Gasteiger partial charge in [0.05, 0.1) is 15.5 Å². The SMILES string of the molecule is Cc1cccc(NS(=O)(=O)c2ccc(Cl)c(C(=O)OC(C)C(=O)NC(N)=O)c2)c1. The van der Waals surface area contributed by atoms with Crippen molar-refractivity contribution in [2.24, 2.45) is 5.73 Å². The van der Waals surface area contributed by atoms with Gasteiger partial charge in [0.1, 0.15) is 0 Å². The Bertz CT molecular complexity index is 1070. The molecule has 29 heavy (non-hydrogen) atoms. The summed E-state index contributed by atoms with van der Waals surface area (Å²) in [5.74, 6) is -1.98. The maximum absolute atomic E-state index is 12.6. The lowest BCUT2D eigenvalue weighted by atomic mass is 10.2. The van der Waals surface area contributed by atoms with E-state index in [9.17, 15) is 22.8 Å². The van der Waals surface area contributed by atoms with Gasteiger partial charge in [0.25, 0.3) is 15.9 Å². The van der Waals surface area contributed by atoms with Crippen molar-refractivity contribution in [1.82, 2.24) is 5.32 Å². The summed E-state index contributed by atoms with van der Waals surface area (Å²) in [6, 6.07) is 9.08. The highest BCUT2D eigenvalue weighted by molar-refractivity contribution is 7.92. The van der Waals surface area contributed by atoms with Crippen LogP contribution >= 0.6 is 11.6 Å². The molecule has 0 spiro atoms. The van der Waals surface area contributed by atoms with Crippen molar-refractivity contribution in [3.8, 4) is 0 Å². The second-order valence-electron chi connectivity index (χ2n) is 6.02. The van der Waals surface area contributed by atoms with Gasteiger partial charge in [0.15, 0.2) is 6.10 Å². The van der Waals surface area contributed by atoms with Crippen LogP contribution in [0.1, 0.15) is 22.8 Å². The van der Waals surface area contributed by atoms with Crippen LogP contribution in [0.4, 0.5) is 10.5 Å². The summed E-state index contributed by atoms with van der Waals surface area (Å²) in [5.41, 5.74) is 5.77. The molecule has 0 aliphatic carbocycles. The van der Waals surface area contributed by atoms with Crippen LogP contribution in [0.25, 0.3) is 0 Å². The Morgan fingerprint density at radius 3 is 2.45 bits per heavy atom. The molecule has 0 aliphatic heterocycles. The largest absolute Gasteiger partial charge is 0.449 e. The van der Waals surface area contributed by atoms with Crippen LogP contribution in [0.3, 0.4) is 0 Å². The van der Waals surface area contributed by atoms with Gasteiger partial charge >= 0.3 is 12.0 Å². The lowest BCUT2D eigenvalue weighted by molar-refractivity contribution is -0.127. The predicted molar refractivity (Wildman–Crippen MR) is 106 cm³/mol. The summed E-state index contributed by atoms with van der Waals surface area (Å²) in [4.78, 5) is 34.4. The number of rotatable bonds is 6. The average molecular weight is 440 g/mol. The number of ether oxygens (including phenoxy) is 1. The molecule has 0 aliphatic rings. The van der Waals surface area contributed by atoms with E-state index in [2.05, 4.69) is 4.72 Å². The molecule has 0 aromatic heterocycles. The van der Waals surface area contributed by atoms with E-state index in [-0.39, 0.29) is 15.5 Å². The molecule has 0 fully saturated rings. The number of nitrogens with two attached hydrogens (primary N) is 1. The lowest BCUT2D eigenvalue weighted by Crippen LogP contribution is -2.42. The number of hydrogen-bond acceptors (Lipinski definition) is 6. The standard InChI is InChI=1S/C18H18ClN3O6S/c1-10-4-3-5-12(8-10)22-29(26,27)13-6-7-15(19)14(9-13)17(24)28-11(2)16(23)21-18(20)25/h3-9,11,22H,1-2H3,(H3,20,21,23,25). The fraction of sp³-hybridized carbons (Fsp3) is 0.167. The van der Waals surface area contributed by atoms with Gasteiger partial charge in [0, 0.05) is 5.69 Å². The maximum atomic E-state index is 12.6. The normalized spacial score (nSPS) is 12.0. The zero-order valence-corrected chi connectivity index (χ0v) is 17.0. The third-order valence-electron chi connectivity index (χ3n) is 3.64. The number of hydrogen-bond donors (Lipinski definition) is 3. The van der Waals surface area contributed by atoms with E-state index < -0.39 is 34.0 Å². The molecule has 0 saturated carbocycles. The summed E-state index contributed by atoms with van der Waals surface area (Å²) < 4.78 is 32.6. The van der Waals surface area contributed by atoms with Crippen molar-refractivity contribution in [3.63, 3.8) is 0 Å². The van der Waals surface area contributed by atoms with E-state index in [1.54, 1.807) is 23.5 Å². The molecule has 11 heteroatoms. The first-order valence-corrected chi connectivity index (χ1v) is 10.1. The monoisotopic (exact) mass is 439 g/mol. The zero-order chi connectivity index (χ0) is 21.8. The Morgan fingerprint density at radius 1 is 1.14 bits per heavy atom. The van der Waals surface area contributed by atoms with Crippen molar-refractivity contribution in [1.29, 1.82) is 0 Å². The van der Waals surface area contributed by atoms with E-state index in [0.717, 1.165) is 11.6 Å². The van der Waals surface area contributed by atoms with Crippen molar-refractivity contribution in [3.05, 3.63) is 58.6 Å². The van der Waals surface area contributed by atoms with Gasteiger partial charge in [-0.05, 0) is 49.7 Å². The second-order valence-corrected chi connectivity index (χ2v) is 8.11. The number of benzene rings is 2. The fourth-order valence-electron chi connectivity index (χ4n) is 2.25. The van der Waals surface area contributed by atoms with Crippen LogP contribution in [0.2, 0.25) is 5.02 Å². The predicted octanol–water partition coefficient (Wildman–Crippen LogP) is 2.19. The zero-order valence-electron chi connectivity index (χ0n) is 15.4. The highest BCUT2D eigenvalue weighted by Gasteiger charge is 2.24. The highest BCUT2D eigenvalue weighted by Crippen LogP contribution is 2.24. The van der Waals surface area contributed by atoms with Crippen LogP contribution in [-0.4, -0.2) is 32.4 Å². The van der Waals surface area contributed by atoms with Gasteiger partial charge in [-0.15, -0.1) is 0 Å². The lowest BCUT2D eigenvalue weighted by Gasteiger charge is -2.14. The number of halogens is 1. The highest BCUT2D eigenvalue weighted by atomic mass is 35.5. The molecule has 0 heterocycles. The molecular weight excluding hydrogens is 422 g/mol. The Kier molecular flexibility index (Phi) is 6.83. The smallest absolute Gasteiger partial charge is 0.340 e. The number of carbonyl (C=O) groups is 3. The molecule has 1 atom stereocenters. The number of carbonyl (C=O) groups excluding carboxylic acids is 3. The molecule has 0 radical (unpaired) electrons. The van der Waals surface area contributed by atoms with E-state index in [1.165, 1.54) is 19.1 Å². The molecule has 154 valence electrons. The quantitative estimate of drug-likeness (QED) is 0.588. The minimum atomic E-state index is -4.02. The van der Waals surface area contributed by atoms with Gasteiger partial charge in [-0.1, -0.05) is 23.7 Å². The number of amides is 3. The van der Waals surface area contributed by atoms with E-state index in [4.69, 9.17) is 22.1 Å². The first kappa shape index (κ1) is 22.2. The summed E-state index contributed by atoms with van der Waals surface area (Å²) in [7, 11) is -4.02. The number of nitrogens with one attached hydrogen (secondary N) is 2. The Balaban J connectivity index is 2.25. The Labute approximate surface area is 172 Å². The Morgan fingerprint density at radius 2 is 1.83 bits per heavy atom. The van der Waals surface area contributed by atoms with Crippen molar-refractivity contribution in [2.75, 3.05) is 4.72 Å². The third kappa shape index (κ3) is 5.93. The van der Waals surface area contributed by atoms with E-state index >= 15 is 0 Å². The summed E-state index contributed by atoms with van der Waals surface area (Å²) in [5, 5.41) is 1.69. The molecule has 0 bridgehead atoms. The first-order chi connectivity index (χ1) is 13.5. The van der Waals surface area contributed by atoms with Crippen LogP contribution in [0, 0.1) is 6.92 Å². The molecule has 2 aromatic rings. The number of urea groups is 1. The van der Waals surface area contributed by atoms with Gasteiger partial charge in [0.2, 0.25) is 0 Å². The van der Waals surface area contributed by atoms with Gasteiger partial charge in [-0.2, -0.15) is 0 Å². The van der Waals surface area contributed by atoms with Crippen molar-refractivity contribution >= 4 is 45.2 Å². The van der Waals surface area contributed by atoms with Crippen LogP contribution in [-0.2, 0) is 19.6 Å². The number of anilines is 1. The maximum Gasteiger partial charge on any atom is 0.340 e. The van der Waals surface area contributed by atoms with E-state index in [0.29, 0.717) is 5.69 Å². The number of imide groups is 1. The summed E-state index contributed by atoms with van der Waals surface area (Å²) in [6.45, 7) is 3.02. The van der Waals surface area contributed by atoms with Crippen molar-refractivity contribution < 1.29 is 27.5 Å². The molecule has 2 aromatic carbocycles. The van der Waals surface area contributed by atoms with E-state index in [1.807, 2.05) is 13.0 Å². The second kappa shape index (κ2) is 8.93. The fourth-order valence-corrected chi connectivity index (χ4v) is 3.52. The van der Waals surface area contributed by atoms with Crippen molar-refractivity contribution in [2.45, 2.75) is 24.8 Å². The Hall–Kier alpha value is -3.11. The van der Waals surface area contributed by atoms with Gasteiger partial charge < -0.3 is 10.5 Å². The molecular formula is C18H18ClN3O6S. The van der Waals surface area contributed by atoms with Gasteiger partial charge in [-0.3, -0.25) is 14.8 Å². The first-order valence-electron chi connectivity index (χ1n) is 8.20. The number of primary amides is 1. The molecule has 2 rings (SSSR count). The molecule has 3 amide bonds. The molecule has 9 nitrogen and oxygen atoms in total. The molecule has 1 unspecified atom stereocenters. The number of sulfonamides is 1. The van der Waals surface area contributed by atoms with Gasteiger partial charge in [-0.25, -0.2) is 18.0 Å². The third-order valence-corrected chi connectivity index (χ3v) is 5.35. The number of esters is 1. The summed E-state index contributed by atoms with van der Waals surface area (Å²) in [6.07, 6.45) is -1.36.